The quantitative estimate of drug-likeness (QED) is 0.704. The summed E-state index contributed by atoms with van der Waals surface area (Å²) in [6.07, 6.45) is 0. The summed E-state index contributed by atoms with van der Waals surface area (Å²) in [6.45, 7) is 10.2. The van der Waals surface area contributed by atoms with Crippen LogP contribution in [0.2, 0.25) is 0 Å². The van der Waals surface area contributed by atoms with Crippen molar-refractivity contribution in [2.24, 2.45) is 0 Å². The first-order chi connectivity index (χ1) is 8.25. The van der Waals surface area contributed by atoms with Gasteiger partial charge in [0.1, 0.15) is 12.4 Å². The van der Waals surface area contributed by atoms with Crippen molar-refractivity contribution in [2.45, 2.75) is 20.8 Å². The Hall–Kier alpha value is -1.06. The largest absolute Gasteiger partial charge is 0.492 e. The van der Waals surface area contributed by atoms with Crippen molar-refractivity contribution in [1.29, 1.82) is 0 Å². The van der Waals surface area contributed by atoms with Gasteiger partial charge in [0.2, 0.25) is 0 Å². The van der Waals surface area contributed by atoms with E-state index in [-0.39, 0.29) is 0 Å². The van der Waals surface area contributed by atoms with Crippen molar-refractivity contribution in [1.82, 2.24) is 5.32 Å². The molecule has 0 amide bonds. The molecule has 17 heavy (non-hydrogen) atoms. The summed E-state index contributed by atoms with van der Waals surface area (Å²) in [6, 6.07) is 6.14. The van der Waals surface area contributed by atoms with E-state index in [1.807, 2.05) is 19.1 Å². The van der Waals surface area contributed by atoms with Crippen LogP contribution in [0.15, 0.2) is 18.2 Å². The maximum atomic E-state index is 5.72. The zero-order valence-electron chi connectivity index (χ0n) is 11.1. The number of rotatable bonds is 8. The zero-order chi connectivity index (χ0) is 12.5. The molecule has 0 saturated heterocycles. The van der Waals surface area contributed by atoms with E-state index in [0.29, 0.717) is 6.61 Å². The molecule has 1 aromatic carbocycles. The highest BCUT2D eigenvalue weighted by Gasteiger charge is 2.00. The van der Waals surface area contributed by atoms with Gasteiger partial charge in [0.05, 0.1) is 6.61 Å². The van der Waals surface area contributed by atoms with E-state index >= 15 is 0 Å². The minimum Gasteiger partial charge on any atom is -0.492 e. The van der Waals surface area contributed by atoms with Crippen LogP contribution >= 0.6 is 0 Å². The Morgan fingerprint density at radius 3 is 2.65 bits per heavy atom. The van der Waals surface area contributed by atoms with Crippen LogP contribution < -0.4 is 10.1 Å². The number of hydrogen-bond acceptors (Lipinski definition) is 3. The number of nitrogens with one attached hydrogen (secondary N) is 1. The Kier molecular flexibility index (Phi) is 6.67. The fourth-order valence-corrected chi connectivity index (χ4v) is 1.53. The van der Waals surface area contributed by atoms with E-state index in [1.165, 1.54) is 11.1 Å². The fourth-order valence-electron chi connectivity index (χ4n) is 1.53. The normalized spacial score (nSPS) is 10.5. The lowest BCUT2D eigenvalue weighted by molar-refractivity contribution is 0.148. The van der Waals surface area contributed by atoms with E-state index in [0.717, 1.165) is 32.1 Å². The second kappa shape index (κ2) is 8.09. The van der Waals surface area contributed by atoms with Crippen molar-refractivity contribution in [2.75, 3.05) is 32.9 Å². The molecule has 0 bridgehead atoms. The van der Waals surface area contributed by atoms with Gasteiger partial charge in [0.25, 0.3) is 0 Å². The lowest BCUT2D eigenvalue weighted by Crippen LogP contribution is -2.25. The summed E-state index contributed by atoms with van der Waals surface area (Å²) in [5, 5.41) is 3.27. The molecular formula is C14H23NO2. The molecule has 0 heterocycles. The molecule has 1 aromatic rings. The summed E-state index contributed by atoms with van der Waals surface area (Å²) in [5.74, 6) is 0.983. The van der Waals surface area contributed by atoms with Crippen LogP contribution in [-0.2, 0) is 4.74 Å². The van der Waals surface area contributed by atoms with Crippen LogP contribution in [-0.4, -0.2) is 32.9 Å². The molecule has 96 valence electrons. The summed E-state index contributed by atoms with van der Waals surface area (Å²) in [4.78, 5) is 0. The molecule has 0 aliphatic rings. The van der Waals surface area contributed by atoms with Gasteiger partial charge in [-0.05, 0) is 38.0 Å². The van der Waals surface area contributed by atoms with Gasteiger partial charge in [0, 0.05) is 19.7 Å². The van der Waals surface area contributed by atoms with Gasteiger partial charge in [-0.1, -0.05) is 12.1 Å². The van der Waals surface area contributed by atoms with Gasteiger partial charge in [-0.3, -0.25) is 0 Å². The zero-order valence-corrected chi connectivity index (χ0v) is 11.1. The first kappa shape index (κ1) is 14.0. The predicted molar refractivity (Wildman–Crippen MR) is 70.8 cm³/mol. The van der Waals surface area contributed by atoms with Crippen LogP contribution in [0.25, 0.3) is 0 Å². The average Bonchev–Trinajstić information content (AvgIpc) is 2.33. The SMILES string of the molecule is CCOCCNCCOc1cccc(C)c1C. The summed E-state index contributed by atoms with van der Waals surface area (Å²) >= 11 is 0. The van der Waals surface area contributed by atoms with Gasteiger partial charge in [0.15, 0.2) is 0 Å². The topological polar surface area (TPSA) is 30.5 Å². The van der Waals surface area contributed by atoms with Gasteiger partial charge in [-0.2, -0.15) is 0 Å². The van der Waals surface area contributed by atoms with Crippen molar-refractivity contribution >= 4 is 0 Å². The second-order valence-electron chi connectivity index (χ2n) is 3.99. The fraction of sp³-hybridized carbons (Fsp3) is 0.571. The lowest BCUT2D eigenvalue weighted by Gasteiger charge is -2.11. The third-order valence-corrected chi connectivity index (χ3v) is 2.72. The maximum absolute atomic E-state index is 5.72. The lowest BCUT2D eigenvalue weighted by atomic mass is 10.1. The minimum absolute atomic E-state index is 0.691. The second-order valence-corrected chi connectivity index (χ2v) is 3.99. The summed E-state index contributed by atoms with van der Waals surface area (Å²) in [5.41, 5.74) is 2.49. The number of hydrogen-bond donors (Lipinski definition) is 1. The Morgan fingerprint density at radius 2 is 1.88 bits per heavy atom. The Balaban J connectivity index is 2.16. The molecule has 0 radical (unpaired) electrons. The highest BCUT2D eigenvalue weighted by molar-refractivity contribution is 5.38. The molecule has 1 N–H and O–H groups in total. The van der Waals surface area contributed by atoms with Gasteiger partial charge in [-0.15, -0.1) is 0 Å². The molecule has 0 aliphatic carbocycles. The van der Waals surface area contributed by atoms with Crippen molar-refractivity contribution in [3.05, 3.63) is 29.3 Å². The van der Waals surface area contributed by atoms with E-state index in [9.17, 15) is 0 Å². The molecule has 0 fully saturated rings. The van der Waals surface area contributed by atoms with Crippen LogP contribution in [0.1, 0.15) is 18.1 Å². The molecule has 3 heteroatoms. The standard InChI is InChI=1S/C14H23NO2/c1-4-16-10-8-15-9-11-17-14-7-5-6-12(2)13(14)3/h5-7,15H,4,8-11H2,1-3H3. The number of benzene rings is 1. The van der Waals surface area contributed by atoms with E-state index < -0.39 is 0 Å². The Morgan fingerprint density at radius 1 is 1.12 bits per heavy atom. The molecule has 1 rings (SSSR count). The van der Waals surface area contributed by atoms with Crippen molar-refractivity contribution in [3.8, 4) is 5.75 Å². The summed E-state index contributed by atoms with van der Waals surface area (Å²) < 4.78 is 11.0. The Labute approximate surface area is 104 Å². The molecule has 3 nitrogen and oxygen atoms in total. The molecular weight excluding hydrogens is 214 g/mol. The van der Waals surface area contributed by atoms with Gasteiger partial charge in [-0.25, -0.2) is 0 Å². The predicted octanol–water partition coefficient (Wildman–Crippen LogP) is 2.31. The van der Waals surface area contributed by atoms with E-state index in [2.05, 4.69) is 25.2 Å². The van der Waals surface area contributed by atoms with E-state index in [1.54, 1.807) is 0 Å². The van der Waals surface area contributed by atoms with Crippen LogP contribution in [0.4, 0.5) is 0 Å². The molecule has 0 saturated carbocycles. The third-order valence-electron chi connectivity index (χ3n) is 2.72. The monoisotopic (exact) mass is 237 g/mol. The first-order valence-corrected chi connectivity index (χ1v) is 6.23. The molecule has 0 aliphatic heterocycles. The summed E-state index contributed by atoms with van der Waals surface area (Å²) in [7, 11) is 0. The minimum atomic E-state index is 0.691. The van der Waals surface area contributed by atoms with E-state index in [4.69, 9.17) is 9.47 Å². The van der Waals surface area contributed by atoms with Gasteiger partial charge < -0.3 is 14.8 Å². The molecule has 0 aromatic heterocycles. The van der Waals surface area contributed by atoms with Crippen LogP contribution in [0.3, 0.4) is 0 Å². The highest BCUT2D eigenvalue weighted by atomic mass is 16.5. The Bertz CT molecular complexity index is 326. The molecule has 0 spiro atoms. The van der Waals surface area contributed by atoms with Crippen molar-refractivity contribution < 1.29 is 9.47 Å². The van der Waals surface area contributed by atoms with Gasteiger partial charge >= 0.3 is 0 Å². The number of aryl methyl sites for hydroxylation is 1. The van der Waals surface area contributed by atoms with Crippen LogP contribution in [0, 0.1) is 13.8 Å². The number of ether oxygens (including phenoxy) is 2. The van der Waals surface area contributed by atoms with Crippen molar-refractivity contribution in [3.63, 3.8) is 0 Å². The highest BCUT2D eigenvalue weighted by Crippen LogP contribution is 2.20. The third kappa shape index (κ3) is 5.20. The molecule has 0 unspecified atom stereocenters. The average molecular weight is 237 g/mol. The maximum Gasteiger partial charge on any atom is 0.122 e. The smallest absolute Gasteiger partial charge is 0.122 e. The molecule has 0 atom stereocenters. The van der Waals surface area contributed by atoms with Crippen LogP contribution in [0.5, 0.6) is 5.75 Å². The first-order valence-electron chi connectivity index (χ1n) is 6.23.